The third-order valence-electron chi connectivity index (χ3n) is 2.72. The lowest BCUT2D eigenvalue weighted by Gasteiger charge is -2.27. The minimum atomic E-state index is -1.000. The molecular formula is C13H21N3O4. The predicted molar refractivity (Wildman–Crippen MR) is 77.3 cm³/mol. The SMILES string of the molecule is COc1ccc([N+](=O)[O-])c(NCC(C)(O)CN(C)C)c1. The molecule has 112 valence electrons. The number of likely N-dealkylation sites (N-methyl/N-ethyl adjacent to an activating group) is 1. The molecule has 0 saturated heterocycles. The molecule has 1 rings (SSSR count). The van der Waals surface area contributed by atoms with Crippen molar-refractivity contribution in [1.82, 2.24) is 4.90 Å². The van der Waals surface area contributed by atoms with Crippen LogP contribution >= 0.6 is 0 Å². The monoisotopic (exact) mass is 283 g/mol. The summed E-state index contributed by atoms with van der Waals surface area (Å²) in [7, 11) is 5.19. The van der Waals surface area contributed by atoms with E-state index in [1.165, 1.54) is 19.2 Å². The van der Waals surface area contributed by atoms with E-state index in [9.17, 15) is 15.2 Å². The van der Waals surface area contributed by atoms with Crippen molar-refractivity contribution >= 4 is 11.4 Å². The topological polar surface area (TPSA) is 87.9 Å². The number of ether oxygens (including phenoxy) is 1. The van der Waals surface area contributed by atoms with Gasteiger partial charge in [-0.25, -0.2) is 0 Å². The number of aliphatic hydroxyl groups is 1. The Bertz CT molecular complexity index is 475. The smallest absolute Gasteiger partial charge is 0.292 e. The fourth-order valence-corrected chi connectivity index (χ4v) is 1.97. The van der Waals surface area contributed by atoms with E-state index in [4.69, 9.17) is 4.74 Å². The highest BCUT2D eigenvalue weighted by Crippen LogP contribution is 2.29. The molecule has 0 aliphatic rings. The lowest BCUT2D eigenvalue weighted by atomic mass is 10.1. The van der Waals surface area contributed by atoms with Crippen LogP contribution in [0.4, 0.5) is 11.4 Å². The second kappa shape index (κ2) is 6.53. The van der Waals surface area contributed by atoms with Crippen molar-refractivity contribution in [3.63, 3.8) is 0 Å². The van der Waals surface area contributed by atoms with Gasteiger partial charge in [0.1, 0.15) is 11.4 Å². The van der Waals surface area contributed by atoms with Crippen LogP contribution in [0.3, 0.4) is 0 Å². The largest absolute Gasteiger partial charge is 0.497 e. The molecule has 1 aromatic rings. The first kappa shape index (κ1) is 16.2. The van der Waals surface area contributed by atoms with Gasteiger partial charge in [-0.05, 0) is 27.1 Å². The molecule has 0 bridgehead atoms. The zero-order chi connectivity index (χ0) is 15.3. The maximum atomic E-state index is 11.0. The van der Waals surface area contributed by atoms with Gasteiger partial charge in [-0.3, -0.25) is 10.1 Å². The molecule has 0 spiro atoms. The van der Waals surface area contributed by atoms with Crippen LogP contribution in [0.25, 0.3) is 0 Å². The fourth-order valence-electron chi connectivity index (χ4n) is 1.97. The average molecular weight is 283 g/mol. The Morgan fingerprint density at radius 3 is 2.65 bits per heavy atom. The van der Waals surface area contributed by atoms with Gasteiger partial charge in [0.05, 0.1) is 17.6 Å². The molecule has 0 aromatic heterocycles. The Kier molecular flexibility index (Phi) is 5.29. The summed E-state index contributed by atoms with van der Waals surface area (Å²) in [5.41, 5.74) is -0.722. The van der Waals surface area contributed by atoms with E-state index >= 15 is 0 Å². The van der Waals surface area contributed by atoms with Gasteiger partial charge in [0.2, 0.25) is 0 Å². The van der Waals surface area contributed by atoms with Crippen LogP contribution in [-0.4, -0.2) is 54.8 Å². The molecule has 20 heavy (non-hydrogen) atoms. The van der Waals surface area contributed by atoms with Gasteiger partial charge in [0.15, 0.2) is 0 Å². The number of nitro benzene ring substituents is 1. The number of hydrogen-bond donors (Lipinski definition) is 2. The highest BCUT2D eigenvalue weighted by molar-refractivity contribution is 5.64. The van der Waals surface area contributed by atoms with Crippen LogP contribution in [0.1, 0.15) is 6.92 Å². The van der Waals surface area contributed by atoms with E-state index in [2.05, 4.69) is 5.32 Å². The van der Waals surface area contributed by atoms with Gasteiger partial charge in [0.25, 0.3) is 5.69 Å². The van der Waals surface area contributed by atoms with Crippen LogP contribution in [0.15, 0.2) is 18.2 Å². The summed E-state index contributed by atoms with van der Waals surface area (Å²) < 4.78 is 5.05. The molecule has 0 aliphatic heterocycles. The first-order valence-electron chi connectivity index (χ1n) is 6.18. The Labute approximate surface area is 118 Å². The Balaban J connectivity index is 2.87. The highest BCUT2D eigenvalue weighted by atomic mass is 16.6. The number of anilines is 1. The molecule has 7 nitrogen and oxygen atoms in total. The molecular weight excluding hydrogens is 262 g/mol. The zero-order valence-corrected chi connectivity index (χ0v) is 12.2. The number of benzene rings is 1. The number of nitro groups is 1. The summed E-state index contributed by atoms with van der Waals surface area (Å²) >= 11 is 0. The second-order valence-electron chi connectivity index (χ2n) is 5.23. The van der Waals surface area contributed by atoms with E-state index in [-0.39, 0.29) is 12.2 Å². The van der Waals surface area contributed by atoms with Crippen LogP contribution in [0, 0.1) is 10.1 Å². The van der Waals surface area contributed by atoms with Gasteiger partial charge < -0.3 is 20.1 Å². The normalized spacial score (nSPS) is 13.9. The van der Waals surface area contributed by atoms with Crippen molar-refractivity contribution in [2.24, 2.45) is 0 Å². The Morgan fingerprint density at radius 2 is 2.15 bits per heavy atom. The third kappa shape index (κ3) is 4.67. The van der Waals surface area contributed by atoms with Gasteiger partial charge in [-0.1, -0.05) is 0 Å². The first-order valence-corrected chi connectivity index (χ1v) is 6.18. The fraction of sp³-hybridized carbons (Fsp3) is 0.538. The van der Waals surface area contributed by atoms with E-state index in [0.717, 1.165) is 0 Å². The molecule has 0 amide bonds. The lowest BCUT2D eigenvalue weighted by Crippen LogP contribution is -2.43. The minimum Gasteiger partial charge on any atom is -0.497 e. The van der Waals surface area contributed by atoms with E-state index in [0.29, 0.717) is 18.0 Å². The third-order valence-corrected chi connectivity index (χ3v) is 2.72. The first-order chi connectivity index (χ1) is 9.25. The zero-order valence-electron chi connectivity index (χ0n) is 12.2. The van der Waals surface area contributed by atoms with Gasteiger partial charge >= 0.3 is 0 Å². The van der Waals surface area contributed by atoms with E-state index in [1.807, 2.05) is 19.0 Å². The maximum Gasteiger partial charge on any atom is 0.292 e. The van der Waals surface area contributed by atoms with E-state index in [1.54, 1.807) is 13.0 Å². The molecule has 0 radical (unpaired) electrons. The summed E-state index contributed by atoms with van der Waals surface area (Å²) in [5, 5.41) is 24.1. The molecule has 7 heteroatoms. The average Bonchev–Trinajstić information content (AvgIpc) is 2.34. The van der Waals surface area contributed by atoms with Crippen LogP contribution < -0.4 is 10.1 Å². The second-order valence-corrected chi connectivity index (χ2v) is 5.23. The summed E-state index contributed by atoms with van der Waals surface area (Å²) in [5.74, 6) is 0.519. The molecule has 0 aliphatic carbocycles. The van der Waals surface area contributed by atoms with Crippen molar-refractivity contribution in [2.75, 3.05) is 39.6 Å². The minimum absolute atomic E-state index is 0.0496. The Hall–Kier alpha value is -1.86. The van der Waals surface area contributed by atoms with Crippen molar-refractivity contribution in [2.45, 2.75) is 12.5 Å². The van der Waals surface area contributed by atoms with Crippen molar-refractivity contribution in [3.05, 3.63) is 28.3 Å². The van der Waals surface area contributed by atoms with Gasteiger partial charge in [-0.2, -0.15) is 0 Å². The molecule has 1 atom stereocenters. The van der Waals surface area contributed by atoms with Gasteiger partial charge in [0, 0.05) is 25.2 Å². The molecule has 0 fully saturated rings. The van der Waals surface area contributed by atoms with Crippen LogP contribution in [0.5, 0.6) is 5.75 Å². The number of hydrogen-bond acceptors (Lipinski definition) is 6. The summed E-state index contributed by atoms with van der Waals surface area (Å²) in [6.45, 7) is 2.31. The standard InChI is InChI=1S/C13H21N3O4/c1-13(17,9-15(2)3)8-14-11-7-10(20-4)5-6-12(11)16(18)19/h5-7,14,17H,8-9H2,1-4H3. The molecule has 0 saturated carbocycles. The molecule has 1 unspecified atom stereocenters. The quantitative estimate of drug-likeness (QED) is 0.580. The van der Waals surface area contributed by atoms with Crippen molar-refractivity contribution in [1.29, 1.82) is 0 Å². The number of nitrogens with one attached hydrogen (secondary N) is 1. The maximum absolute atomic E-state index is 11.0. The molecule has 0 heterocycles. The molecule has 1 aromatic carbocycles. The molecule has 2 N–H and O–H groups in total. The van der Waals surface area contributed by atoms with Gasteiger partial charge in [-0.15, -0.1) is 0 Å². The number of methoxy groups -OCH3 is 1. The number of nitrogens with zero attached hydrogens (tertiary/aromatic N) is 2. The van der Waals surface area contributed by atoms with Crippen LogP contribution in [-0.2, 0) is 0 Å². The summed E-state index contributed by atoms with van der Waals surface area (Å²) in [4.78, 5) is 12.4. The summed E-state index contributed by atoms with van der Waals surface area (Å²) in [6.07, 6.45) is 0. The predicted octanol–water partition coefficient (Wildman–Crippen LogP) is 1.33. The Morgan fingerprint density at radius 1 is 1.50 bits per heavy atom. The summed E-state index contributed by atoms with van der Waals surface area (Å²) in [6, 6.07) is 4.45. The van der Waals surface area contributed by atoms with Crippen molar-refractivity contribution in [3.8, 4) is 5.75 Å². The van der Waals surface area contributed by atoms with E-state index < -0.39 is 10.5 Å². The number of rotatable bonds is 7. The lowest BCUT2D eigenvalue weighted by molar-refractivity contribution is -0.384. The highest BCUT2D eigenvalue weighted by Gasteiger charge is 2.23. The van der Waals surface area contributed by atoms with Crippen LogP contribution in [0.2, 0.25) is 0 Å². The van der Waals surface area contributed by atoms with Crippen molar-refractivity contribution < 1.29 is 14.8 Å².